The van der Waals surface area contributed by atoms with Crippen LogP contribution in [0.3, 0.4) is 0 Å². The number of benzene rings is 2. The normalized spacial score (nSPS) is 12.0. The van der Waals surface area contributed by atoms with Crippen LogP contribution in [-0.4, -0.2) is 21.4 Å². The summed E-state index contributed by atoms with van der Waals surface area (Å²) in [6.07, 6.45) is 0. The summed E-state index contributed by atoms with van der Waals surface area (Å²) in [7, 11) is 0. The molecule has 1 atom stereocenters. The van der Waals surface area contributed by atoms with Crippen molar-refractivity contribution in [2.24, 2.45) is 0 Å². The molecule has 0 spiro atoms. The van der Waals surface area contributed by atoms with Gasteiger partial charge >= 0.3 is 0 Å². The standard InChI is InChI=1S/C18H15ClFN3O2S/c1-10-5-3-4-6-13(10)17-22-23-18(25-17)26-11(2)16(24)21-15-8-7-12(19)9-14(15)20/h3-9,11H,1-2H3,(H,21,24). The van der Waals surface area contributed by atoms with Crippen molar-refractivity contribution in [2.75, 3.05) is 5.32 Å². The fourth-order valence-electron chi connectivity index (χ4n) is 2.21. The van der Waals surface area contributed by atoms with Crippen LogP contribution in [-0.2, 0) is 4.79 Å². The lowest BCUT2D eigenvalue weighted by atomic mass is 10.1. The van der Waals surface area contributed by atoms with Crippen LogP contribution in [0.25, 0.3) is 11.5 Å². The fraction of sp³-hybridized carbons (Fsp3) is 0.167. The topological polar surface area (TPSA) is 68.0 Å². The monoisotopic (exact) mass is 391 g/mol. The fourth-order valence-corrected chi connectivity index (χ4v) is 3.05. The van der Waals surface area contributed by atoms with Crippen LogP contribution >= 0.6 is 23.4 Å². The smallest absolute Gasteiger partial charge is 0.277 e. The Balaban J connectivity index is 1.67. The quantitative estimate of drug-likeness (QED) is 0.623. The Morgan fingerprint density at radius 3 is 2.77 bits per heavy atom. The van der Waals surface area contributed by atoms with E-state index in [9.17, 15) is 9.18 Å². The van der Waals surface area contributed by atoms with Crippen LogP contribution in [0.1, 0.15) is 12.5 Å². The third-order valence-corrected chi connectivity index (χ3v) is 4.79. The highest BCUT2D eigenvalue weighted by Crippen LogP contribution is 2.28. The number of nitrogens with zero attached hydrogens (tertiary/aromatic N) is 2. The number of aromatic nitrogens is 2. The molecule has 0 bridgehead atoms. The van der Waals surface area contributed by atoms with E-state index in [1.165, 1.54) is 12.1 Å². The molecule has 0 radical (unpaired) electrons. The molecule has 1 heterocycles. The molecule has 0 aliphatic rings. The predicted octanol–water partition coefficient (Wildman–Crippen LogP) is 4.96. The van der Waals surface area contributed by atoms with Crippen molar-refractivity contribution in [3.63, 3.8) is 0 Å². The van der Waals surface area contributed by atoms with Gasteiger partial charge in [0.05, 0.1) is 10.9 Å². The van der Waals surface area contributed by atoms with E-state index in [0.29, 0.717) is 5.89 Å². The second-order valence-electron chi connectivity index (χ2n) is 5.56. The van der Waals surface area contributed by atoms with Crippen LogP contribution in [0.2, 0.25) is 5.02 Å². The zero-order valence-corrected chi connectivity index (χ0v) is 15.6. The summed E-state index contributed by atoms with van der Waals surface area (Å²) < 4.78 is 19.4. The number of hydrogen-bond donors (Lipinski definition) is 1. The van der Waals surface area contributed by atoms with Gasteiger partial charge in [0.1, 0.15) is 5.82 Å². The number of anilines is 1. The summed E-state index contributed by atoms with van der Waals surface area (Å²) in [6, 6.07) is 11.7. The number of rotatable bonds is 5. The SMILES string of the molecule is Cc1ccccc1-c1nnc(SC(C)C(=O)Nc2ccc(Cl)cc2F)o1. The first-order valence-electron chi connectivity index (χ1n) is 7.76. The van der Waals surface area contributed by atoms with E-state index < -0.39 is 11.1 Å². The molecule has 3 rings (SSSR count). The van der Waals surface area contributed by atoms with Crippen LogP contribution in [0.15, 0.2) is 52.1 Å². The molecule has 0 fully saturated rings. The molecule has 5 nitrogen and oxygen atoms in total. The third-order valence-electron chi connectivity index (χ3n) is 3.62. The highest BCUT2D eigenvalue weighted by atomic mass is 35.5. The second kappa shape index (κ2) is 7.88. The molecule has 0 aliphatic heterocycles. The Bertz CT molecular complexity index is 948. The average Bonchev–Trinajstić information content (AvgIpc) is 3.06. The van der Waals surface area contributed by atoms with Crippen LogP contribution in [0.4, 0.5) is 10.1 Å². The minimum atomic E-state index is -0.595. The van der Waals surface area contributed by atoms with E-state index in [1.807, 2.05) is 31.2 Å². The summed E-state index contributed by atoms with van der Waals surface area (Å²) in [4.78, 5) is 12.3. The second-order valence-corrected chi connectivity index (χ2v) is 7.29. The van der Waals surface area contributed by atoms with Gasteiger partial charge in [0.25, 0.3) is 5.22 Å². The number of carbonyl (C=O) groups is 1. The molecule has 2 aromatic carbocycles. The molecule has 1 unspecified atom stereocenters. The first-order chi connectivity index (χ1) is 12.4. The zero-order chi connectivity index (χ0) is 18.7. The first kappa shape index (κ1) is 18.4. The van der Waals surface area contributed by atoms with Gasteiger partial charge in [-0.1, -0.05) is 41.6 Å². The van der Waals surface area contributed by atoms with Crippen molar-refractivity contribution in [2.45, 2.75) is 24.3 Å². The molecule has 0 aliphatic carbocycles. The molecular weight excluding hydrogens is 377 g/mol. The van der Waals surface area contributed by atoms with Crippen molar-refractivity contribution >= 4 is 35.0 Å². The van der Waals surface area contributed by atoms with E-state index in [2.05, 4.69) is 15.5 Å². The molecule has 3 aromatic rings. The van der Waals surface area contributed by atoms with E-state index in [4.69, 9.17) is 16.0 Å². The number of halogens is 2. The van der Waals surface area contributed by atoms with Gasteiger partial charge in [-0.15, -0.1) is 10.2 Å². The summed E-state index contributed by atoms with van der Waals surface area (Å²) in [5, 5.41) is 10.5. The van der Waals surface area contributed by atoms with Gasteiger partial charge in [-0.25, -0.2) is 4.39 Å². The molecule has 1 amide bonds. The summed E-state index contributed by atoms with van der Waals surface area (Å²) in [5.41, 5.74) is 1.92. The first-order valence-corrected chi connectivity index (χ1v) is 9.02. The number of amides is 1. The van der Waals surface area contributed by atoms with Gasteiger partial charge in [0.15, 0.2) is 0 Å². The molecule has 1 aromatic heterocycles. The highest BCUT2D eigenvalue weighted by Gasteiger charge is 2.20. The molecular formula is C18H15ClFN3O2S. The van der Waals surface area contributed by atoms with Crippen molar-refractivity contribution in [3.05, 3.63) is 58.9 Å². The molecule has 1 N–H and O–H groups in total. The van der Waals surface area contributed by atoms with E-state index in [1.54, 1.807) is 6.92 Å². The third kappa shape index (κ3) is 4.23. The number of thioether (sulfide) groups is 1. The largest absolute Gasteiger partial charge is 0.411 e. The molecule has 0 saturated carbocycles. The maximum absolute atomic E-state index is 13.8. The lowest BCUT2D eigenvalue weighted by molar-refractivity contribution is -0.115. The predicted molar refractivity (Wildman–Crippen MR) is 99.8 cm³/mol. The molecule has 0 saturated heterocycles. The van der Waals surface area contributed by atoms with Crippen LogP contribution in [0.5, 0.6) is 0 Å². The average molecular weight is 392 g/mol. The molecule has 8 heteroatoms. The number of aryl methyl sites for hydroxylation is 1. The van der Waals surface area contributed by atoms with Gasteiger partial charge in [-0.3, -0.25) is 4.79 Å². The lowest BCUT2D eigenvalue weighted by Crippen LogP contribution is -2.23. The van der Waals surface area contributed by atoms with E-state index in [0.717, 1.165) is 29.0 Å². The summed E-state index contributed by atoms with van der Waals surface area (Å²) in [5.74, 6) is -0.587. The van der Waals surface area contributed by atoms with E-state index >= 15 is 0 Å². The van der Waals surface area contributed by atoms with Gasteiger partial charge in [0.2, 0.25) is 11.8 Å². The maximum Gasteiger partial charge on any atom is 0.277 e. The number of hydrogen-bond acceptors (Lipinski definition) is 5. The summed E-state index contributed by atoms with van der Waals surface area (Å²) in [6.45, 7) is 3.62. The van der Waals surface area contributed by atoms with Crippen molar-refractivity contribution in [3.8, 4) is 11.5 Å². The Hall–Kier alpha value is -2.38. The van der Waals surface area contributed by atoms with Crippen molar-refractivity contribution in [1.29, 1.82) is 0 Å². The Morgan fingerprint density at radius 2 is 2.04 bits per heavy atom. The Kier molecular flexibility index (Phi) is 5.58. The summed E-state index contributed by atoms with van der Waals surface area (Å²) >= 11 is 6.80. The van der Waals surface area contributed by atoms with Crippen LogP contribution in [0, 0.1) is 12.7 Å². The molecule has 26 heavy (non-hydrogen) atoms. The van der Waals surface area contributed by atoms with Crippen LogP contribution < -0.4 is 5.32 Å². The minimum Gasteiger partial charge on any atom is -0.411 e. The van der Waals surface area contributed by atoms with Gasteiger partial charge in [0, 0.05) is 10.6 Å². The Morgan fingerprint density at radius 1 is 1.27 bits per heavy atom. The number of nitrogens with one attached hydrogen (secondary N) is 1. The zero-order valence-electron chi connectivity index (χ0n) is 14.0. The maximum atomic E-state index is 13.8. The van der Waals surface area contributed by atoms with Crippen molar-refractivity contribution in [1.82, 2.24) is 10.2 Å². The number of carbonyl (C=O) groups excluding carboxylic acids is 1. The van der Waals surface area contributed by atoms with Gasteiger partial charge in [-0.2, -0.15) is 0 Å². The molecule has 134 valence electrons. The minimum absolute atomic E-state index is 0.0676. The van der Waals surface area contributed by atoms with E-state index in [-0.39, 0.29) is 21.8 Å². The Labute approximate surface area is 159 Å². The lowest BCUT2D eigenvalue weighted by Gasteiger charge is -2.10. The van der Waals surface area contributed by atoms with Gasteiger partial charge < -0.3 is 9.73 Å². The highest BCUT2D eigenvalue weighted by molar-refractivity contribution is 8.00. The van der Waals surface area contributed by atoms with Crippen molar-refractivity contribution < 1.29 is 13.6 Å². The van der Waals surface area contributed by atoms with Gasteiger partial charge in [-0.05, 0) is 43.7 Å².